The maximum Gasteiger partial charge on any atom is 0.0707 e. The quantitative estimate of drug-likeness (QED) is 0.868. The fraction of sp³-hybridized carbons (Fsp3) is 0.438. The topological polar surface area (TPSA) is 24.9 Å². The lowest BCUT2D eigenvalue weighted by molar-refractivity contribution is 0.515. The number of hydrogen-bond donors (Lipinski definition) is 1. The zero-order valence-electron chi connectivity index (χ0n) is 11.5. The maximum atomic E-state index is 4.60. The Hall–Kier alpha value is -1.41. The first-order chi connectivity index (χ1) is 8.74. The minimum atomic E-state index is 0.556. The smallest absolute Gasteiger partial charge is 0.0707 e. The van der Waals surface area contributed by atoms with E-state index in [9.17, 15) is 0 Å². The van der Waals surface area contributed by atoms with E-state index in [0.717, 1.165) is 17.6 Å². The van der Waals surface area contributed by atoms with E-state index in [1.807, 2.05) is 0 Å². The van der Waals surface area contributed by atoms with Crippen molar-refractivity contribution in [2.75, 3.05) is 7.05 Å². The van der Waals surface area contributed by atoms with Crippen molar-refractivity contribution < 1.29 is 0 Å². The highest BCUT2D eigenvalue weighted by Crippen LogP contribution is 2.20. The highest BCUT2D eigenvalue weighted by atomic mass is 14.9. The number of pyridine rings is 1. The second-order valence-electron chi connectivity index (χ2n) is 4.92. The average molecular weight is 242 g/mol. The van der Waals surface area contributed by atoms with Crippen LogP contribution in [0.3, 0.4) is 0 Å². The van der Waals surface area contributed by atoms with E-state index in [2.05, 4.69) is 61.5 Å². The Kier molecular flexibility index (Phi) is 4.32. The average Bonchev–Trinajstić information content (AvgIpc) is 2.38. The maximum absolute atomic E-state index is 4.60. The number of aromatic nitrogens is 1. The van der Waals surface area contributed by atoms with Crippen molar-refractivity contribution in [2.45, 2.75) is 39.2 Å². The van der Waals surface area contributed by atoms with Crippen molar-refractivity contribution in [1.82, 2.24) is 10.3 Å². The lowest BCUT2D eigenvalue weighted by Gasteiger charge is -2.17. The Bertz CT molecular complexity index is 519. The minimum Gasteiger partial charge on any atom is -0.317 e. The van der Waals surface area contributed by atoms with Crippen LogP contribution in [-0.4, -0.2) is 18.1 Å². The molecule has 0 spiro atoms. The molecule has 1 N–H and O–H groups in total. The normalized spacial score (nSPS) is 12.8. The van der Waals surface area contributed by atoms with E-state index in [1.165, 1.54) is 23.8 Å². The van der Waals surface area contributed by atoms with Gasteiger partial charge < -0.3 is 5.32 Å². The van der Waals surface area contributed by atoms with Gasteiger partial charge in [-0.1, -0.05) is 31.5 Å². The molecule has 0 aliphatic heterocycles. The van der Waals surface area contributed by atoms with E-state index >= 15 is 0 Å². The molecule has 0 aliphatic rings. The standard InChI is InChI=1S/C16H22N2/c1-4-7-14(17-3)11-13-10-12(2)18-16-9-6-5-8-15(13)16/h5-6,8-10,14,17H,4,7,11H2,1-3H3. The van der Waals surface area contributed by atoms with Crippen LogP contribution in [0.5, 0.6) is 0 Å². The molecule has 0 aliphatic carbocycles. The van der Waals surface area contributed by atoms with Crippen LogP contribution >= 0.6 is 0 Å². The Morgan fingerprint density at radius 2 is 2.06 bits per heavy atom. The number of para-hydroxylation sites is 1. The fourth-order valence-electron chi connectivity index (χ4n) is 2.53. The molecule has 1 unspecified atom stereocenters. The molecule has 0 saturated carbocycles. The number of likely N-dealkylation sites (N-methyl/N-ethyl adjacent to an activating group) is 1. The molecule has 96 valence electrons. The van der Waals surface area contributed by atoms with E-state index in [4.69, 9.17) is 0 Å². The monoisotopic (exact) mass is 242 g/mol. The van der Waals surface area contributed by atoms with Crippen LogP contribution in [0.15, 0.2) is 30.3 Å². The lowest BCUT2D eigenvalue weighted by Crippen LogP contribution is -2.27. The zero-order chi connectivity index (χ0) is 13.0. The molecule has 0 radical (unpaired) electrons. The number of aryl methyl sites for hydroxylation is 1. The number of hydrogen-bond acceptors (Lipinski definition) is 2. The molecule has 0 fully saturated rings. The number of benzene rings is 1. The summed E-state index contributed by atoms with van der Waals surface area (Å²) >= 11 is 0. The van der Waals surface area contributed by atoms with E-state index in [-0.39, 0.29) is 0 Å². The van der Waals surface area contributed by atoms with Crippen LogP contribution in [0.1, 0.15) is 31.0 Å². The Balaban J connectivity index is 2.37. The van der Waals surface area contributed by atoms with Crippen molar-refractivity contribution in [3.63, 3.8) is 0 Å². The summed E-state index contributed by atoms with van der Waals surface area (Å²) in [5, 5.41) is 4.71. The number of nitrogens with zero attached hydrogens (tertiary/aromatic N) is 1. The SMILES string of the molecule is CCCC(Cc1cc(C)nc2ccccc12)NC. The van der Waals surface area contributed by atoms with Crippen LogP contribution in [0.2, 0.25) is 0 Å². The zero-order valence-corrected chi connectivity index (χ0v) is 11.5. The van der Waals surface area contributed by atoms with Gasteiger partial charge in [0.2, 0.25) is 0 Å². The summed E-state index contributed by atoms with van der Waals surface area (Å²) in [4.78, 5) is 4.60. The highest BCUT2D eigenvalue weighted by Gasteiger charge is 2.09. The van der Waals surface area contributed by atoms with Gasteiger partial charge in [0.05, 0.1) is 5.52 Å². The number of fused-ring (bicyclic) bond motifs is 1. The molecule has 2 heteroatoms. The molecular formula is C16H22N2. The highest BCUT2D eigenvalue weighted by molar-refractivity contribution is 5.82. The molecule has 2 rings (SSSR count). The molecule has 0 saturated heterocycles. The van der Waals surface area contributed by atoms with Gasteiger partial charge in [0.1, 0.15) is 0 Å². The lowest BCUT2D eigenvalue weighted by atomic mass is 9.98. The molecule has 1 heterocycles. The van der Waals surface area contributed by atoms with Crippen LogP contribution < -0.4 is 5.32 Å². The summed E-state index contributed by atoms with van der Waals surface area (Å²) in [5.74, 6) is 0. The van der Waals surface area contributed by atoms with Crippen molar-refractivity contribution in [3.8, 4) is 0 Å². The van der Waals surface area contributed by atoms with Crippen LogP contribution in [0, 0.1) is 6.92 Å². The van der Waals surface area contributed by atoms with Crippen molar-refractivity contribution in [3.05, 3.63) is 41.6 Å². The first-order valence-corrected chi connectivity index (χ1v) is 6.77. The van der Waals surface area contributed by atoms with Crippen LogP contribution in [0.25, 0.3) is 10.9 Å². The molecule has 0 bridgehead atoms. The summed E-state index contributed by atoms with van der Waals surface area (Å²) in [5.41, 5.74) is 3.62. The third-order valence-corrected chi connectivity index (χ3v) is 3.44. The predicted molar refractivity (Wildman–Crippen MR) is 77.9 cm³/mol. The third kappa shape index (κ3) is 2.88. The van der Waals surface area contributed by atoms with Gasteiger partial charge in [0.25, 0.3) is 0 Å². The van der Waals surface area contributed by atoms with Crippen molar-refractivity contribution >= 4 is 10.9 Å². The summed E-state index contributed by atoms with van der Waals surface area (Å²) < 4.78 is 0. The summed E-state index contributed by atoms with van der Waals surface area (Å²) in [6, 6.07) is 11.2. The van der Waals surface area contributed by atoms with Gasteiger partial charge in [-0.3, -0.25) is 4.98 Å². The van der Waals surface area contributed by atoms with Gasteiger partial charge in [0, 0.05) is 17.1 Å². The Labute approximate surface area is 109 Å². The van der Waals surface area contributed by atoms with Gasteiger partial charge in [-0.15, -0.1) is 0 Å². The third-order valence-electron chi connectivity index (χ3n) is 3.44. The summed E-state index contributed by atoms with van der Waals surface area (Å²) in [6.45, 7) is 4.31. The van der Waals surface area contributed by atoms with E-state index in [0.29, 0.717) is 6.04 Å². The second-order valence-corrected chi connectivity index (χ2v) is 4.92. The summed E-state index contributed by atoms with van der Waals surface area (Å²) in [7, 11) is 2.05. The van der Waals surface area contributed by atoms with E-state index < -0.39 is 0 Å². The summed E-state index contributed by atoms with van der Waals surface area (Å²) in [6.07, 6.45) is 3.51. The molecule has 0 amide bonds. The molecule has 2 nitrogen and oxygen atoms in total. The minimum absolute atomic E-state index is 0.556. The van der Waals surface area contributed by atoms with Gasteiger partial charge in [-0.05, 0) is 44.5 Å². The second kappa shape index (κ2) is 5.96. The largest absolute Gasteiger partial charge is 0.317 e. The van der Waals surface area contributed by atoms with Crippen molar-refractivity contribution in [1.29, 1.82) is 0 Å². The van der Waals surface area contributed by atoms with Crippen molar-refractivity contribution in [2.24, 2.45) is 0 Å². The van der Waals surface area contributed by atoms with Crippen LogP contribution in [-0.2, 0) is 6.42 Å². The van der Waals surface area contributed by atoms with Gasteiger partial charge >= 0.3 is 0 Å². The van der Waals surface area contributed by atoms with Gasteiger partial charge in [-0.2, -0.15) is 0 Å². The number of nitrogens with one attached hydrogen (secondary N) is 1. The first kappa shape index (κ1) is 13.0. The number of rotatable bonds is 5. The fourth-order valence-corrected chi connectivity index (χ4v) is 2.53. The Morgan fingerprint density at radius 1 is 1.28 bits per heavy atom. The first-order valence-electron chi connectivity index (χ1n) is 6.77. The molecule has 1 aromatic heterocycles. The molecule has 1 aromatic carbocycles. The Morgan fingerprint density at radius 3 is 2.78 bits per heavy atom. The molecule has 1 atom stereocenters. The van der Waals surface area contributed by atoms with Crippen LogP contribution in [0.4, 0.5) is 0 Å². The van der Waals surface area contributed by atoms with Gasteiger partial charge in [0.15, 0.2) is 0 Å². The molecule has 2 aromatic rings. The molecular weight excluding hydrogens is 220 g/mol. The van der Waals surface area contributed by atoms with Gasteiger partial charge in [-0.25, -0.2) is 0 Å². The predicted octanol–water partition coefficient (Wildman–Crippen LogP) is 3.47. The van der Waals surface area contributed by atoms with E-state index in [1.54, 1.807) is 0 Å². The molecule has 18 heavy (non-hydrogen) atoms.